The van der Waals surface area contributed by atoms with E-state index in [0.717, 1.165) is 39.0 Å². The molecule has 2 N–H and O–H groups in total. The molecule has 0 spiro atoms. The predicted molar refractivity (Wildman–Crippen MR) is 123 cm³/mol. The third kappa shape index (κ3) is 4.55. The molecular formula is C22H22N4O2S2. The van der Waals surface area contributed by atoms with Gasteiger partial charge in [-0.25, -0.2) is 4.99 Å². The number of benzene rings is 2. The normalized spacial score (nSPS) is 20.4. The molecule has 2 aromatic rings. The average molecular weight is 439 g/mol. The number of hydrogen-bond acceptors (Lipinski definition) is 6. The molecule has 2 aromatic carbocycles. The van der Waals surface area contributed by atoms with E-state index in [9.17, 15) is 9.59 Å². The lowest BCUT2D eigenvalue weighted by molar-refractivity contribution is -0.122. The van der Waals surface area contributed by atoms with Crippen LogP contribution in [0.25, 0.3) is 0 Å². The number of carbonyl (C=O) groups is 2. The average Bonchev–Trinajstić information content (AvgIpc) is 3.28. The molecule has 2 fully saturated rings. The van der Waals surface area contributed by atoms with Gasteiger partial charge in [-0.2, -0.15) is 0 Å². The van der Waals surface area contributed by atoms with E-state index in [1.807, 2.05) is 61.6 Å². The van der Waals surface area contributed by atoms with Gasteiger partial charge in [0.15, 0.2) is 5.17 Å². The smallest absolute Gasteiger partial charge is 0.269 e. The van der Waals surface area contributed by atoms with Crippen molar-refractivity contribution >= 4 is 46.2 Å². The molecule has 0 radical (unpaired) electrons. The monoisotopic (exact) mass is 438 g/mol. The van der Waals surface area contributed by atoms with Gasteiger partial charge >= 0.3 is 0 Å². The third-order valence-electron chi connectivity index (χ3n) is 4.79. The maximum Gasteiger partial charge on any atom is 0.269 e. The van der Waals surface area contributed by atoms with Crippen molar-refractivity contribution in [1.29, 1.82) is 0 Å². The second kappa shape index (κ2) is 8.97. The zero-order chi connectivity index (χ0) is 21.1. The molecule has 2 saturated heterocycles. The molecule has 2 aliphatic heterocycles. The minimum Gasteiger partial charge on any atom is -0.369 e. The van der Waals surface area contributed by atoms with Crippen LogP contribution in [0, 0.1) is 0 Å². The Morgan fingerprint density at radius 3 is 2.47 bits per heavy atom. The minimum absolute atomic E-state index is 0.01000. The predicted octanol–water partition coefficient (Wildman–Crippen LogP) is 3.33. The summed E-state index contributed by atoms with van der Waals surface area (Å²) in [5.41, 5.74) is 7.89. The molecule has 2 heterocycles. The first-order valence-corrected chi connectivity index (χ1v) is 11.4. The highest BCUT2D eigenvalue weighted by molar-refractivity contribution is 8.19. The summed E-state index contributed by atoms with van der Waals surface area (Å²) in [6, 6.07) is 17.3. The van der Waals surface area contributed by atoms with Crippen molar-refractivity contribution < 1.29 is 9.59 Å². The molecule has 0 saturated carbocycles. The van der Waals surface area contributed by atoms with E-state index in [4.69, 9.17) is 10.7 Å². The maximum atomic E-state index is 13.3. The number of amides is 2. The van der Waals surface area contributed by atoms with Gasteiger partial charge in [-0.15, -0.1) is 11.8 Å². The summed E-state index contributed by atoms with van der Waals surface area (Å²) in [5, 5.41) is 1.68. The van der Waals surface area contributed by atoms with E-state index in [-0.39, 0.29) is 18.2 Å². The number of nitrogens with zero attached hydrogens (tertiary/aromatic N) is 3. The number of thioether (sulfide) groups is 2. The van der Waals surface area contributed by atoms with Crippen LogP contribution in [0.2, 0.25) is 0 Å². The summed E-state index contributed by atoms with van der Waals surface area (Å²) in [7, 11) is 2.02. The Morgan fingerprint density at radius 1 is 1.10 bits per heavy atom. The topological polar surface area (TPSA) is 79.0 Å². The Morgan fingerprint density at radius 2 is 1.83 bits per heavy atom. The van der Waals surface area contributed by atoms with Crippen molar-refractivity contribution in [3.05, 3.63) is 75.7 Å². The van der Waals surface area contributed by atoms with Crippen LogP contribution in [0.3, 0.4) is 0 Å². The van der Waals surface area contributed by atoms with Crippen LogP contribution in [0.5, 0.6) is 0 Å². The van der Waals surface area contributed by atoms with Crippen molar-refractivity contribution in [3.8, 4) is 0 Å². The van der Waals surface area contributed by atoms with E-state index >= 15 is 0 Å². The molecule has 0 atom stereocenters. The molecule has 0 aliphatic carbocycles. The number of carbonyl (C=O) groups excluding carboxylic acids is 2. The van der Waals surface area contributed by atoms with Gasteiger partial charge in [0.25, 0.3) is 5.91 Å². The molecule has 154 valence electrons. The standard InChI is InChI=1S/C22H22N4O2S2/c1-25-11-12-29-21(25)19-20(28)26(14-16-5-3-2-4-6-16)22(30-19)24-17-9-7-15(8-10-17)13-18(23)27/h2-10H,11-14H2,1H3,(H2,23,27). The lowest BCUT2D eigenvalue weighted by Crippen LogP contribution is -2.29. The molecule has 6 nitrogen and oxygen atoms in total. The maximum absolute atomic E-state index is 13.3. The Labute approximate surface area is 184 Å². The summed E-state index contributed by atoms with van der Waals surface area (Å²) >= 11 is 3.14. The van der Waals surface area contributed by atoms with E-state index < -0.39 is 0 Å². The van der Waals surface area contributed by atoms with Gasteiger partial charge in [-0.3, -0.25) is 14.5 Å². The largest absolute Gasteiger partial charge is 0.369 e. The van der Waals surface area contributed by atoms with Gasteiger partial charge in [0, 0.05) is 19.3 Å². The van der Waals surface area contributed by atoms with Gasteiger partial charge in [0.1, 0.15) is 4.91 Å². The Bertz CT molecular complexity index is 1020. The fraction of sp³-hybridized carbons (Fsp3) is 0.227. The van der Waals surface area contributed by atoms with E-state index in [2.05, 4.69) is 4.90 Å². The highest BCUT2D eigenvalue weighted by Crippen LogP contribution is 2.41. The molecule has 30 heavy (non-hydrogen) atoms. The van der Waals surface area contributed by atoms with E-state index in [1.54, 1.807) is 16.7 Å². The number of primary amides is 1. The number of hydrogen-bond donors (Lipinski definition) is 1. The lowest BCUT2D eigenvalue weighted by Gasteiger charge is -2.16. The third-order valence-corrected chi connectivity index (χ3v) is 7.16. The van der Waals surface area contributed by atoms with Gasteiger partial charge in [0.2, 0.25) is 5.91 Å². The Kier molecular flexibility index (Phi) is 6.15. The first-order chi connectivity index (χ1) is 14.5. The fourth-order valence-electron chi connectivity index (χ4n) is 3.25. The van der Waals surface area contributed by atoms with Crippen LogP contribution in [-0.4, -0.2) is 46.1 Å². The quantitative estimate of drug-likeness (QED) is 0.725. The molecule has 2 amide bonds. The van der Waals surface area contributed by atoms with Crippen LogP contribution >= 0.6 is 23.5 Å². The van der Waals surface area contributed by atoms with Gasteiger partial charge < -0.3 is 10.6 Å². The highest BCUT2D eigenvalue weighted by atomic mass is 32.2. The SMILES string of the molecule is CN1CCSC1=C1SC(=Nc2ccc(CC(N)=O)cc2)N(Cc2ccccc2)C1=O. The van der Waals surface area contributed by atoms with Gasteiger partial charge in [-0.1, -0.05) is 42.5 Å². The summed E-state index contributed by atoms with van der Waals surface area (Å²) < 4.78 is 0. The van der Waals surface area contributed by atoms with Crippen LogP contribution in [0.4, 0.5) is 5.69 Å². The van der Waals surface area contributed by atoms with Crippen molar-refractivity contribution in [1.82, 2.24) is 9.80 Å². The summed E-state index contributed by atoms with van der Waals surface area (Å²) in [5.74, 6) is 0.606. The zero-order valence-corrected chi connectivity index (χ0v) is 18.2. The molecular weight excluding hydrogens is 416 g/mol. The highest BCUT2D eigenvalue weighted by Gasteiger charge is 2.37. The number of nitrogens with two attached hydrogens (primary N) is 1. The van der Waals surface area contributed by atoms with E-state index in [0.29, 0.717) is 11.7 Å². The number of amidine groups is 1. The first-order valence-electron chi connectivity index (χ1n) is 9.59. The molecule has 0 aromatic heterocycles. The van der Waals surface area contributed by atoms with Gasteiger partial charge in [-0.05, 0) is 35.0 Å². The van der Waals surface area contributed by atoms with Crippen LogP contribution in [0.15, 0.2) is 69.5 Å². The van der Waals surface area contributed by atoms with Crippen molar-refractivity contribution in [3.63, 3.8) is 0 Å². The number of rotatable bonds is 5. The minimum atomic E-state index is -0.366. The van der Waals surface area contributed by atoms with Gasteiger partial charge in [0.05, 0.1) is 23.7 Å². The lowest BCUT2D eigenvalue weighted by atomic mass is 10.1. The Hall–Kier alpha value is -2.71. The van der Waals surface area contributed by atoms with Crippen molar-refractivity contribution in [2.24, 2.45) is 10.7 Å². The second-order valence-electron chi connectivity index (χ2n) is 7.09. The number of aliphatic imine (C=N–C) groups is 1. The molecule has 8 heteroatoms. The van der Waals surface area contributed by atoms with Crippen LogP contribution in [-0.2, 0) is 22.6 Å². The van der Waals surface area contributed by atoms with Crippen LogP contribution < -0.4 is 5.73 Å². The summed E-state index contributed by atoms with van der Waals surface area (Å²) in [4.78, 5) is 33.8. The van der Waals surface area contributed by atoms with E-state index in [1.165, 1.54) is 11.8 Å². The Balaban J connectivity index is 1.66. The first kappa shape index (κ1) is 20.6. The zero-order valence-electron chi connectivity index (χ0n) is 16.6. The van der Waals surface area contributed by atoms with Crippen LogP contribution in [0.1, 0.15) is 11.1 Å². The molecule has 4 rings (SSSR count). The fourth-order valence-corrected chi connectivity index (χ4v) is 5.68. The summed E-state index contributed by atoms with van der Waals surface area (Å²) in [6.45, 7) is 1.40. The second-order valence-corrected chi connectivity index (χ2v) is 9.15. The van der Waals surface area contributed by atoms with Crippen molar-refractivity contribution in [2.75, 3.05) is 19.3 Å². The molecule has 0 bridgehead atoms. The molecule has 2 aliphatic rings. The molecule has 0 unspecified atom stereocenters. The summed E-state index contributed by atoms with van der Waals surface area (Å²) in [6.07, 6.45) is 0.198. The van der Waals surface area contributed by atoms with Crippen molar-refractivity contribution in [2.45, 2.75) is 13.0 Å².